The van der Waals surface area contributed by atoms with Crippen molar-refractivity contribution >= 4 is 39.1 Å². The van der Waals surface area contributed by atoms with E-state index < -0.39 is 5.91 Å². The number of carbonyl (C=O) groups is 1. The molecule has 98 valence electrons. The summed E-state index contributed by atoms with van der Waals surface area (Å²) in [6, 6.07) is 7.93. The molecule has 0 spiro atoms. The van der Waals surface area contributed by atoms with Crippen molar-refractivity contribution in [3.8, 4) is 5.75 Å². The number of anilines is 1. The first-order chi connectivity index (χ1) is 8.97. The van der Waals surface area contributed by atoms with Crippen LogP contribution in [-0.4, -0.2) is 16.0 Å². The predicted octanol–water partition coefficient (Wildman–Crippen LogP) is 3.76. The van der Waals surface area contributed by atoms with Crippen LogP contribution in [0.2, 0.25) is 5.15 Å². The van der Waals surface area contributed by atoms with Gasteiger partial charge in [-0.15, -0.1) is 0 Å². The number of phenols is 1. The SMILES string of the molecule is Cc1nc(Cl)ccc1NC(=O)c1ccc(Br)cc1O. The van der Waals surface area contributed by atoms with Gasteiger partial charge in [-0.05, 0) is 37.3 Å². The van der Waals surface area contributed by atoms with Crippen LogP contribution in [0.1, 0.15) is 16.1 Å². The van der Waals surface area contributed by atoms with Crippen molar-refractivity contribution < 1.29 is 9.90 Å². The Morgan fingerprint density at radius 2 is 2.11 bits per heavy atom. The molecule has 0 saturated heterocycles. The van der Waals surface area contributed by atoms with Crippen molar-refractivity contribution in [1.82, 2.24) is 4.98 Å². The van der Waals surface area contributed by atoms with Gasteiger partial charge in [0.25, 0.3) is 5.91 Å². The molecule has 0 aliphatic carbocycles. The molecule has 0 unspecified atom stereocenters. The first kappa shape index (κ1) is 13.8. The highest BCUT2D eigenvalue weighted by Gasteiger charge is 2.13. The molecule has 0 radical (unpaired) electrons. The number of carbonyl (C=O) groups excluding carboxylic acids is 1. The third-order valence-corrected chi connectivity index (χ3v) is 3.21. The van der Waals surface area contributed by atoms with Crippen molar-refractivity contribution in [2.24, 2.45) is 0 Å². The Labute approximate surface area is 123 Å². The molecule has 2 rings (SSSR count). The Morgan fingerprint density at radius 3 is 2.74 bits per heavy atom. The zero-order valence-electron chi connectivity index (χ0n) is 9.95. The molecule has 6 heteroatoms. The lowest BCUT2D eigenvalue weighted by Crippen LogP contribution is -2.13. The summed E-state index contributed by atoms with van der Waals surface area (Å²) in [4.78, 5) is 16.1. The average molecular weight is 342 g/mol. The van der Waals surface area contributed by atoms with Crippen molar-refractivity contribution in [2.45, 2.75) is 6.92 Å². The first-order valence-electron chi connectivity index (χ1n) is 5.40. The molecule has 2 aromatic rings. The highest BCUT2D eigenvalue weighted by molar-refractivity contribution is 9.10. The zero-order valence-corrected chi connectivity index (χ0v) is 12.3. The van der Waals surface area contributed by atoms with Crippen LogP contribution in [0.5, 0.6) is 5.75 Å². The smallest absolute Gasteiger partial charge is 0.259 e. The fraction of sp³-hybridized carbons (Fsp3) is 0.0769. The Morgan fingerprint density at radius 1 is 1.37 bits per heavy atom. The minimum atomic E-state index is -0.405. The van der Waals surface area contributed by atoms with Gasteiger partial charge in [-0.1, -0.05) is 27.5 Å². The summed E-state index contributed by atoms with van der Waals surface area (Å²) in [6.07, 6.45) is 0. The predicted molar refractivity (Wildman–Crippen MR) is 77.7 cm³/mol. The molecule has 1 aromatic heterocycles. The molecule has 0 atom stereocenters. The van der Waals surface area contributed by atoms with Crippen molar-refractivity contribution in [3.05, 3.63) is 51.2 Å². The third kappa shape index (κ3) is 3.24. The summed E-state index contributed by atoms with van der Waals surface area (Å²) in [7, 11) is 0. The maximum Gasteiger partial charge on any atom is 0.259 e. The van der Waals surface area contributed by atoms with Crippen LogP contribution in [0.25, 0.3) is 0 Å². The fourth-order valence-electron chi connectivity index (χ4n) is 1.55. The van der Waals surface area contributed by atoms with Crippen LogP contribution < -0.4 is 5.32 Å². The number of phenolic OH excluding ortho intramolecular Hbond substituents is 1. The zero-order chi connectivity index (χ0) is 14.0. The highest BCUT2D eigenvalue weighted by atomic mass is 79.9. The average Bonchev–Trinajstić information content (AvgIpc) is 2.32. The number of halogens is 2. The second-order valence-corrected chi connectivity index (χ2v) is 5.19. The number of aryl methyl sites for hydroxylation is 1. The Bertz CT molecular complexity index is 647. The van der Waals surface area contributed by atoms with Crippen LogP contribution in [0, 0.1) is 6.92 Å². The molecule has 0 saturated carbocycles. The van der Waals surface area contributed by atoms with Gasteiger partial charge in [0.05, 0.1) is 16.9 Å². The van der Waals surface area contributed by atoms with Gasteiger partial charge in [0, 0.05) is 4.47 Å². The van der Waals surface area contributed by atoms with E-state index >= 15 is 0 Å². The normalized spacial score (nSPS) is 10.3. The quantitative estimate of drug-likeness (QED) is 0.818. The summed E-state index contributed by atoms with van der Waals surface area (Å²) in [6.45, 7) is 1.74. The van der Waals surface area contributed by atoms with Crippen LogP contribution in [0.15, 0.2) is 34.8 Å². The first-order valence-corrected chi connectivity index (χ1v) is 6.57. The number of pyridine rings is 1. The van der Waals surface area contributed by atoms with Crippen molar-refractivity contribution in [2.75, 3.05) is 5.32 Å². The van der Waals surface area contributed by atoms with E-state index in [1.54, 1.807) is 25.1 Å². The van der Waals surface area contributed by atoms with Gasteiger partial charge in [-0.2, -0.15) is 0 Å². The maximum absolute atomic E-state index is 12.0. The fourth-order valence-corrected chi connectivity index (χ4v) is 2.09. The van der Waals surface area contributed by atoms with E-state index in [4.69, 9.17) is 11.6 Å². The molecular weight excluding hydrogens is 332 g/mol. The van der Waals surface area contributed by atoms with Gasteiger partial charge in [0.2, 0.25) is 0 Å². The molecule has 0 bridgehead atoms. The number of nitrogens with zero attached hydrogens (tertiary/aromatic N) is 1. The highest BCUT2D eigenvalue weighted by Crippen LogP contribution is 2.24. The standard InChI is InChI=1S/C13H10BrClN2O2/c1-7-10(4-5-12(15)16-7)17-13(19)9-3-2-8(14)6-11(9)18/h2-6,18H,1H3,(H,17,19). The molecule has 2 N–H and O–H groups in total. The molecule has 1 heterocycles. The number of benzene rings is 1. The third-order valence-electron chi connectivity index (χ3n) is 2.50. The molecular formula is C13H10BrClN2O2. The number of hydrogen-bond donors (Lipinski definition) is 2. The van der Waals surface area contributed by atoms with Crippen molar-refractivity contribution in [3.63, 3.8) is 0 Å². The maximum atomic E-state index is 12.0. The van der Waals surface area contributed by atoms with E-state index in [9.17, 15) is 9.90 Å². The minimum absolute atomic E-state index is 0.0912. The van der Waals surface area contributed by atoms with Gasteiger partial charge in [0.15, 0.2) is 0 Å². The van der Waals surface area contributed by atoms with Crippen LogP contribution >= 0.6 is 27.5 Å². The lowest BCUT2D eigenvalue weighted by Gasteiger charge is -2.09. The van der Waals surface area contributed by atoms with E-state index in [2.05, 4.69) is 26.2 Å². The van der Waals surface area contributed by atoms with E-state index in [-0.39, 0.29) is 11.3 Å². The van der Waals surface area contributed by atoms with E-state index in [0.717, 1.165) is 0 Å². The summed E-state index contributed by atoms with van der Waals surface area (Å²) in [5, 5.41) is 12.8. The number of amides is 1. The molecule has 0 fully saturated rings. The number of aromatic hydroxyl groups is 1. The summed E-state index contributed by atoms with van der Waals surface area (Å²) >= 11 is 8.96. The monoisotopic (exact) mass is 340 g/mol. The van der Waals surface area contributed by atoms with Crippen LogP contribution in [0.4, 0.5) is 5.69 Å². The number of nitrogens with one attached hydrogen (secondary N) is 1. The summed E-state index contributed by atoms with van der Waals surface area (Å²) in [5.74, 6) is -0.497. The number of hydrogen-bond acceptors (Lipinski definition) is 3. The molecule has 19 heavy (non-hydrogen) atoms. The van der Waals surface area contributed by atoms with Crippen LogP contribution in [-0.2, 0) is 0 Å². The summed E-state index contributed by atoms with van der Waals surface area (Å²) < 4.78 is 0.700. The van der Waals surface area contributed by atoms with Gasteiger partial charge < -0.3 is 10.4 Å². The second-order valence-electron chi connectivity index (χ2n) is 3.88. The van der Waals surface area contributed by atoms with Gasteiger partial charge in [-0.25, -0.2) is 4.98 Å². The summed E-state index contributed by atoms with van der Waals surface area (Å²) in [5.41, 5.74) is 1.35. The Hall–Kier alpha value is -1.59. The Kier molecular flexibility index (Phi) is 4.07. The van der Waals surface area contributed by atoms with Gasteiger partial charge in [0.1, 0.15) is 10.9 Å². The molecule has 4 nitrogen and oxygen atoms in total. The minimum Gasteiger partial charge on any atom is -0.507 e. The molecule has 1 amide bonds. The lowest BCUT2D eigenvalue weighted by molar-refractivity contribution is 0.102. The van der Waals surface area contributed by atoms with Crippen LogP contribution in [0.3, 0.4) is 0 Å². The molecule has 0 aliphatic heterocycles. The van der Waals surface area contributed by atoms with Crippen molar-refractivity contribution in [1.29, 1.82) is 0 Å². The van der Waals surface area contributed by atoms with E-state index in [1.807, 2.05) is 0 Å². The van der Waals surface area contributed by atoms with E-state index in [1.165, 1.54) is 12.1 Å². The molecule has 0 aliphatic rings. The topological polar surface area (TPSA) is 62.2 Å². The largest absolute Gasteiger partial charge is 0.507 e. The molecule has 1 aromatic carbocycles. The lowest BCUT2D eigenvalue weighted by atomic mass is 10.2. The number of aromatic nitrogens is 1. The van der Waals surface area contributed by atoms with Gasteiger partial charge in [-0.3, -0.25) is 4.79 Å². The van der Waals surface area contributed by atoms with Gasteiger partial charge >= 0.3 is 0 Å². The second kappa shape index (κ2) is 5.59. The Balaban J connectivity index is 2.25. The number of rotatable bonds is 2. The van der Waals surface area contributed by atoms with E-state index in [0.29, 0.717) is 21.0 Å².